The van der Waals surface area contributed by atoms with Gasteiger partial charge in [-0.25, -0.2) is 9.53 Å². The number of alkyl carbamates (subject to hydrolysis) is 1. The molecule has 0 saturated heterocycles. The third-order valence-corrected chi connectivity index (χ3v) is 3.73. The van der Waals surface area contributed by atoms with Gasteiger partial charge in [-0.05, 0) is 6.42 Å². The minimum atomic E-state index is -7.41. The number of hydrogen-bond acceptors (Lipinski definition) is 6. The van der Waals surface area contributed by atoms with Crippen LogP contribution in [0.2, 0.25) is 0 Å². The molecular weight excluding hydrogens is 537 g/mol. The molecule has 0 spiro atoms. The second kappa shape index (κ2) is 11.2. The van der Waals surface area contributed by atoms with E-state index in [1.165, 1.54) is 12.2 Å². The molecule has 1 N–H and O–H groups in total. The van der Waals surface area contributed by atoms with E-state index in [-0.39, 0.29) is 0 Å². The van der Waals surface area contributed by atoms with E-state index in [4.69, 9.17) is 0 Å². The van der Waals surface area contributed by atoms with E-state index in [2.05, 4.69) is 14.2 Å². The number of halogens is 13. The van der Waals surface area contributed by atoms with Gasteiger partial charge in [-0.1, -0.05) is 13.8 Å². The molecule has 0 bridgehead atoms. The van der Waals surface area contributed by atoms with Crippen molar-refractivity contribution < 1.29 is 85.6 Å². The van der Waals surface area contributed by atoms with Crippen molar-refractivity contribution in [3.05, 3.63) is 0 Å². The Balaban J connectivity index is 5.48. The summed E-state index contributed by atoms with van der Waals surface area (Å²) in [7, 11) is 0. The van der Waals surface area contributed by atoms with Gasteiger partial charge in [0.2, 0.25) is 0 Å². The number of hydrogen-bond donors (Lipinski definition) is 1. The normalized spacial score (nSPS) is 17.7. The van der Waals surface area contributed by atoms with Crippen molar-refractivity contribution >= 4 is 12.1 Å². The molecule has 0 fully saturated rings. The van der Waals surface area contributed by atoms with Crippen LogP contribution in [0.1, 0.15) is 20.3 Å². The zero-order chi connectivity index (χ0) is 28.1. The summed E-state index contributed by atoms with van der Waals surface area (Å²) in [4.78, 5) is 22.6. The molecule has 0 aliphatic carbocycles. The van der Waals surface area contributed by atoms with Gasteiger partial charge in [-0.3, -0.25) is 9.53 Å². The Labute approximate surface area is 186 Å². The Morgan fingerprint density at radius 2 is 1.31 bits per heavy atom. The number of rotatable bonds is 11. The van der Waals surface area contributed by atoms with E-state index in [9.17, 15) is 66.7 Å². The Bertz CT molecular complexity index is 726. The fourth-order valence-corrected chi connectivity index (χ4v) is 1.70. The van der Waals surface area contributed by atoms with Crippen molar-refractivity contribution in [3.63, 3.8) is 0 Å². The maximum Gasteiger partial charge on any atom is 0.525 e. The Kier molecular flexibility index (Phi) is 10.5. The fraction of sp³-hybridized carbons (Fsp3) is 0.867. The lowest BCUT2D eigenvalue weighted by Gasteiger charge is -2.38. The highest BCUT2D eigenvalue weighted by molar-refractivity contribution is 5.72. The van der Waals surface area contributed by atoms with Gasteiger partial charge in [0.15, 0.2) is 6.61 Å². The smallest absolute Gasteiger partial charge is 0.464 e. The molecule has 0 aromatic heterocycles. The lowest BCUT2D eigenvalue weighted by Crippen LogP contribution is -2.64. The highest BCUT2D eigenvalue weighted by Crippen LogP contribution is 2.52. The summed E-state index contributed by atoms with van der Waals surface area (Å²) < 4.78 is 179. The third-order valence-electron chi connectivity index (χ3n) is 3.73. The van der Waals surface area contributed by atoms with Crippen molar-refractivity contribution in [1.82, 2.24) is 5.32 Å². The molecule has 35 heavy (non-hydrogen) atoms. The van der Waals surface area contributed by atoms with Crippen molar-refractivity contribution in [1.29, 1.82) is 0 Å². The monoisotopic (exact) mass is 553 g/mol. The summed E-state index contributed by atoms with van der Waals surface area (Å²) in [5.41, 5.74) is 0. The van der Waals surface area contributed by atoms with Crippen molar-refractivity contribution in [3.8, 4) is 0 Å². The van der Waals surface area contributed by atoms with E-state index >= 15 is 0 Å². The molecule has 20 heteroatoms. The molecule has 0 aliphatic rings. The molecule has 0 rings (SSSR count). The van der Waals surface area contributed by atoms with Crippen LogP contribution < -0.4 is 5.32 Å². The number of nitrogens with one attached hydrogen (secondary N) is 1. The second-order valence-corrected chi connectivity index (χ2v) is 6.47. The van der Waals surface area contributed by atoms with Crippen LogP contribution in [-0.4, -0.2) is 68.4 Å². The van der Waals surface area contributed by atoms with Crippen LogP contribution in [0.5, 0.6) is 0 Å². The van der Waals surface area contributed by atoms with Crippen LogP contribution in [0.15, 0.2) is 0 Å². The van der Waals surface area contributed by atoms with Crippen molar-refractivity contribution in [2.24, 2.45) is 5.92 Å². The first-order chi connectivity index (χ1) is 15.4. The summed E-state index contributed by atoms with van der Waals surface area (Å²) in [6.45, 7) is -1.30. The second-order valence-electron chi connectivity index (χ2n) is 6.47. The highest BCUT2D eigenvalue weighted by Gasteiger charge is 2.80. The quantitative estimate of drug-likeness (QED) is 0.223. The molecular formula is C15H16F13NO6. The average Bonchev–Trinajstić information content (AvgIpc) is 2.65. The number of amides is 1. The first-order valence-electron chi connectivity index (χ1n) is 8.86. The molecule has 0 radical (unpaired) electrons. The maximum atomic E-state index is 14.1. The van der Waals surface area contributed by atoms with Crippen LogP contribution in [0.3, 0.4) is 0 Å². The minimum Gasteiger partial charge on any atom is -0.464 e. The summed E-state index contributed by atoms with van der Waals surface area (Å²) >= 11 is 0. The van der Waals surface area contributed by atoms with E-state index in [0.717, 1.165) is 0 Å². The standard InChI is InChI=1S/C15H16F13NO6/c1-3-7(2)8(30)32-5-4-29-9(31)33-6-10(16,12(18,19)20)34-14(24,25)11(17,13(21,22)23)35-15(26,27)28/h7H,3-6H2,1-2H3,(H,29,31). The Morgan fingerprint density at radius 3 is 1.71 bits per heavy atom. The largest absolute Gasteiger partial charge is 0.525 e. The van der Waals surface area contributed by atoms with Crippen LogP contribution in [0.4, 0.5) is 61.9 Å². The fourth-order valence-electron chi connectivity index (χ4n) is 1.70. The summed E-state index contributed by atoms with van der Waals surface area (Å²) in [5.74, 6) is -14.9. The zero-order valence-electron chi connectivity index (χ0n) is 17.3. The van der Waals surface area contributed by atoms with Crippen molar-refractivity contribution in [2.75, 3.05) is 19.8 Å². The number of ether oxygens (including phenoxy) is 4. The minimum absolute atomic E-state index is 0.345. The Hall–Kier alpha value is -2.25. The molecule has 0 aromatic rings. The predicted octanol–water partition coefficient (Wildman–Crippen LogP) is 4.90. The van der Waals surface area contributed by atoms with Gasteiger partial charge < -0.3 is 14.8 Å². The summed E-state index contributed by atoms with van der Waals surface area (Å²) in [6, 6.07) is 0. The molecule has 0 heterocycles. The lowest BCUT2D eigenvalue weighted by molar-refractivity contribution is -0.544. The van der Waals surface area contributed by atoms with Crippen LogP contribution in [0, 0.1) is 5.92 Å². The average molecular weight is 553 g/mol. The van der Waals surface area contributed by atoms with Crippen molar-refractivity contribution in [2.45, 2.75) is 56.8 Å². The number of carbonyl (C=O) groups excluding carboxylic acids is 2. The van der Waals surface area contributed by atoms with Gasteiger partial charge in [-0.15, -0.1) is 13.2 Å². The van der Waals surface area contributed by atoms with E-state index in [0.29, 0.717) is 6.42 Å². The number of carbonyl (C=O) groups is 2. The first kappa shape index (κ1) is 32.8. The SMILES string of the molecule is CCC(C)C(=O)OCCNC(=O)OCC(F)(OC(F)(F)C(F)(OC(F)(F)F)C(F)(F)F)C(F)(F)F. The molecule has 1 amide bonds. The predicted molar refractivity (Wildman–Crippen MR) is 82.7 cm³/mol. The molecule has 7 nitrogen and oxygen atoms in total. The first-order valence-corrected chi connectivity index (χ1v) is 8.86. The summed E-state index contributed by atoms with van der Waals surface area (Å²) in [6.07, 6.45) is -30.1. The van der Waals surface area contributed by atoms with E-state index in [1.54, 1.807) is 11.7 Å². The molecule has 0 aromatic carbocycles. The maximum absolute atomic E-state index is 14.1. The van der Waals surface area contributed by atoms with Gasteiger partial charge in [0, 0.05) is 0 Å². The zero-order valence-corrected chi connectivity index (χ0v) is 17.3. The van der Waals surface area contributed by atoms with Gasteiger partial charge >= 0.3 is 48.6 Å². The van der Waals surface area contributed by atoms with Gasteiger partial charge in [0.1, 0.15) is 6.61 Å². The molecule has 208 valence electrons. The summed E-state index contributed by atoms with van der Waals surface area (Å²) in [5, 5.41) is 1.52. The molecule has 0 aliphatic heterocycles. The number of esters is 1. The van der Waals surface area contributed by atoms with Crippen LogP contribution in [0.25, 0.3) is 0 Å². The Morgan fingerprint density at radius 1 is 0.800 bits per heavy atom. The van der Waals surface area contributed by atoms with Gasteiger partial charge in [-0.2, -0.15) is 43.9 Å². The van der Waals surface area contributed by atoms with Crippen LogP contribution >= 0.6 is 0 Å². The topological polar surface area (TPSA) is 83.1 Å². The lowest BCUT2D eigenvalue weighted by atomic mass is 10.1. The number of alkyl halides is 13. The third kappa shape index (κ3) is 9.04. The van der Waals surface area contributed by atoms with Gasteiger partial charge in [0.25, 0.3) is 0 Å². The molecule has 3 unspecified atom stereocenters. The van der Waals surface area contributed by atoms with E-state index in [1.807, 2.05) is 0 Å². The molecule has 0 saturated carbocycles. The molecule has 3 atom stereocenters. The van der Waals surface area contributed by atoms with Crippen LogP contribution in [-0.2, 0) is 23.7 Å². The van der Waals surface area contributed by atoms with Gasteiger partial charge in [0.05, 0.1) is 12.5 Å². The highest BCUT2D eigenvalue weighted by atomic mass is 19.4. The van der Waals surface area contributed by atoms with E-state index < -0.39 is 74.3 Å².